The predicted molar refractivity (Wildman–Crippen MR) is 189 cm³/mol. The molecular formula is C33H20Cl2N6O13. The van der Waals surface area contributed by atoms with Gasteiger partial charge in [-0.2, -0.15) is 0 Å². The zero-order chi connectivity index (χ0) is 39.5. The Morgan fingerprint density at radius 1 is 0.556 bits per heavy atom. The van der Waals surface area contributed by atoms with Gasteiger partial charge in [0.15, 0.2) is 11.5 Å². The zero-order valence-corrected chi connectivity index (χ0v) is 28.4. The number of aromatic nitrogens is 3. The van der Waals surface area contributed by atoms with Crippen molar-refractivity contribution < 1.29 is 48.5 Å². The molecule has 0 saturated carbocycles. The number of phenols is 1. The van der Waals surface area contributed by atoms with Crippen molar-refractivity contribution in [2.45, 2.75) is 12.8 Å². The first-order chi connectivity index (χ1) is 25.7. The SMILES string of the molecule is O=C(CC(=O)Oc1ccc([N+](=O)[O-])c2cccnc12)Oc1ccc([N+](=O)[O-])c2cccnc12.O=C(Cl)CC(=O)Cl.O=[N+]([O-])c1ccc(O)c2ncccc12. The molecule has 0 atom stereocenters. The van der Waals surface area contributed by atoms with Crippen LogP contribution in [0.3, 0.4) is 0 Å². The molecule has 1 N–H and O–H groups in total. The van der Waals surface area contributed by atoms with E-state index in [0.717, 1.165) is 0 Å². The zero-order valence-electron chi connectivity index (χ0n) is 26.9. The fourth-order valence-electron chi connectivity index (χ4n) is 4.59. The Labute approximate surface area is 310 Å². The molecule has 21 heteroatoms. The number of halogens is 2. The number of non-ortho nitro benzene ring substituents is 3. The lowest BCUT2D eigenvalue weighted by atomic mass is 10.1. The number of aromatic hydroxyl groups is 1. The second kappa shape index (κ2) is 17.8. The van der Waals surface area contributed by atoms with Gasteiger partial charge in [-0.1, -0.05) is 0 Å². The van der Waals surface area contributed by atoms with Crippen LogP contribution >= 0.6 is 23.2 Å². The summed E-state index contributed by atoms with van der Waals surface area (Å²) < 4.78 is 10.4. The van der Waals surface area contributed by atoms with Crippen molar-refractivity contribution in [3.8, 4) is 17.2 Å². The molecule has 0 fully saturated rings. The summed E-state index contributed by atoms with van der Waals surface area (Å²) in [6.07, 6.45) is 3.06. The number of benzene rings is 3. The normalized spacial score (nSPS) is 10.3. The Balaban J connectivity index is 0.000000253. The number of carbonyl (C=O) groups excluding carboxylic acids is 4. The number of fused-ring (bicyclic) bond motifs is 3. The second-order valence-corrected chi connectivity index (χ2v) is 11.1. The number of nitro groups is 3. The average molecular weight is 779 g/mol. The fraction of sp³-hybridized carbons (Fsp3) is 0.0606. The summed E-state index contributed by atoms with van der Waals surface area (Å²) in [5.41, 5.74) is -0.0599. The van der Waals surface area contributed by atoms with Crippen LogP contribution in [0.1, 0.15) is 12.8 Å². The molecule has 0 aliphatic heterocycles. The second-order valence-electron chi connectivity index (χ2n) is 10.3. The Morgan fingerprint density at radius 2 is 0.907 bits per heavy atom. The Kier molecular flexibility index (Phi) is 13.0. The molecule has 0 amide bonds. The minimum absolute atomic E-state index is 0.0498. The van der Waals surface area contributed by atoms with Crippen LogP contribution in [0.5, 0.6) is 17.2 Å². The van der Waals surface area contributed by atoms with Gasteiger partial charge in [-0.15, -0.1) is 0 Å². The number of nitrogens with zero attached hydrogens (tertiary/aromatic N) is 6. The van der Waals surface area contributed by atoms with Crippen molar-refractivity contribution in [2.75, 3.05) is 0 Å². The summed E-state index contributed by atoms with van der Waals surface area (Å²) in [5, 5.41) is 41.6. The fourth-order valence-corrected chi connectivity index (χ4v) is 4.90. The van der Waals surface area contributed by atoms with Gasteiger partial charge < -0.3 is 14.6 Å². The number of rotatable bonds is 9. The molecule has 6 rings (SSSR count). The lowest BCUT2D eigenvalue weighted by molar-refractivity contribution is -0.383. The molecule has 3 heterocycles. The van der Waals surface area contributed by atoms with Crippen molar-refractivity contribution in [1.29, 1.82) is 0 Å². The molecule has 3 aromatic heterocycles. The van der Waals surface area contributed by atoms with Crippen molar-refractivity contribution in [3.05, 3.63) is 122 Å². The molecule has 19 nitrogen and oxygen atoms in total. The van der Waals surface area contributed by atoms with E-state index in [9.17, 15) is 54.6 Å². The molecule has 3 aromatic carbocycles. The van der Waals surface area contributed by atoms with E-state index in [4.69, 9.17) is 32.7 Å². The number of phenolic OH excluding ortho intramolecular Hbond substituents is 1. The van der Waals surface area contributed by atoms with Gasteiger partial charge in [0.2, 0.25) is 10.5 Å². The lowest BCUT2D eigenvalue weighted by Crippen LogP contribution is -2.18. The third-order valence-electron chi connectivity index (χ3n) is 6.75. The van der Waals surface area contributed by atoms with Gasteiger partial charge in [0.25, 0.3) is 17.1 Å². The molecule has 54 heavy (non-hydrogen) atoms. The maximum absolute atomic E-state index is 12.3. The maximum Gasteiger partial charge on any atom is 0.322 e. The smallest absolute Gasteiger partial charge is 0.322 e. The van der Waals surface area contributed by atoms with Gasteiger partial charge in [-0.05, 0) is 77.8 Å². The van der Waals surface area contributed by atoms with Crippen LogP contribution in [0.15, 0.2) is 91.4 Å². The molecule has 0 aliphatic rings. The van der Waals surface area contributed by atoms with Crippen LogP contribution in [-0.4, -0.2) is 57.3 Å². The van der Waals surface area contributed by atoms with Crippen LogP contribution in [0.2, 0.25) is 0 Å². The van der Waals surface area contributed by atoms with Crippen LogP contribution in [0.25, 0.3) is 32.7 Å². The Bertz CT molecular complexity index is 2360. The largest absolute Gasteiger partial charge is 0.506 e. The molecule has 0 radical (unpaired) electrons. The van der Waals surface area contributed by atoms with Crippen molar-refractivity contribution in [2.24, 2.45) is 0 Å². The van der Waals surface area contributed by atoms with Crippen LogP contribution in [0, 0.1) is 30.3 Å². The number of carbonyl (C=O) groups is 4. The third kappa shape index (κ3) is 9.96. The predicted octanol–water partition coefficient (Wildman–Crippen LogP) is 6.26. The average Bonchev–Trinajstić information content (AvgIpc) is 3.11. The quantitative estimate of drug-likeness (QED) is 0.0423. The summed E-state index contributed by atoms with van der Waals surface area (Å²) in [4.78, 5) is 87.2. The number of esters is 2. The molecule has 0 saturated heterocycles. The van der Waals surface area contributed by atoms with Gasteiger partial charge >= 0.3 is 11.9 Å². The number of nitro benzene ring substituents is 3. The van der Waals surface area contributed by atoms with Crippen LogP contribution in [-0.2, 0) is 19.2 Å². The van der Waals surface area contributed by atoms with E-state index in [1.165, 1.54) is 79.3 Å². The molecule has 0 bridgehead atoms. The first-order valence-corrected chi connectivity index (χ1v) is 15.5. The van der Waals surface area contributed by atoms with Crippen LogP contribution in [0.4, 0.5) is 17.1 Å². The molecular weight excluding hydrogens is 759 g/mol. The van der Waals surface area contributed by atoms with Gasteiger partial charge in [-0.3, -0.25) is 64.5 Å². The van der Waals surface area contributed by atoms with Gasteiger partial charge in [0.1, 0.15) is 28.7 Å². The monoisotopic (exact) mass is 778 g/mol. The highest BCUT2D eigenvalue weighted by Gasteiger charge is 2.22. The van der Waals surface area contributed by atoms with Gasteiger partial charge in [0.05, 0.1) is 37.3 Å². The third-order valence-corrected chi connectivity index (χ3v) is 7.02. The molecule has 0 spiro atoms. The molecule has 0 aliphatic carbocycles. The summed E-state index contributed by atoms with van der Waals surface area (Å²) in [7, 11) is 0. The minimum atomic E-state index is -0.986. The van der Waals surface area contributed by atoms with Crippen molar-refractivity contribution in [1.82, 2.24) is 15.0 Å². The van der Waals surface area contributed by atoms with E-state index < -0.39 is 43.6 Å². The highest BCUT2D eigenvalue weighted by Crippen LogP contribution is 2.33. The number of hydrogen-bond donors (Lipinski definition) is 1. The van der Waals surface area contributed by atoms with Gasteiger partial charge in [-0.25, -0.2) is 0 Å². The highest BCUT2D eigenvalue weighted by molar-refractivity contribution is 6.72. The summed E-state index contributed by atoms with van der Waals surface area (Å²) in [6, 6.07) is 16.4. The standard InChI is InChI=1S/C21H12N4O8.C9H6N2O3.C3H2Cl2O2/c26-18(32-16-7-5-14(24(28)29)12-3-1-9-22-20(12)16)11-19(27)33-17-8-6-15(25(30)31)13-4-2-10-23-21(13)17;12-8-4-3-7(11(13)14)6-2-1-5-10-9(6)8;4-2(6)1-3(5)7/h1-10H,11H2;1-5,12H;1H2. The first kappa shape index (κ1) is 39.5. The van der Waals surface area contributed by atoms with E-state index in [1.807, 2.05) is 0 Å². The maximum atomic E-state index is 12.3. The van der Waals surface area contributed by atoms with Crippen molar-refractivity contribution in [3.63, 3.8) is 0 Å². The summed E-state index contributed by atoms with van der Waals surface area (Å²) >= 11 is 9.46. The topological polar surface area (TPSA) is 275 Å². The number of ether oxygens (including phenoxy) is 2. The van der Waals surface area contributed by atoms with E-state index in [0.29, 0.717) is 5.39 Å². The summed E-state index contributed by atoms with van der Waals surface area (Å²) in [5.74, 6) is -2.14. The number of pyridine rings is 3. The van der Waals surface area contributed by atoms with E-state index in [2.05, 4.69) is 15.0 Å². The van der Waals surface area contributed by atoms with Gasteiger partial charge in [0, 0.05) is 36.8 Å². The Hall–Kier alpha value is -7.25. The Morgan fingerprint density at radius 3 is 1.26 bits per heavy atom. The molecule has 0 unspecified atom stereocenters. The van der Waals surface area contributed by atoms with Crippen LogP contribution < -0.4 is 9.47 Å². The van der Waals surface area contributed by atoms with Crippen molar-refractivity contribution >= 4 is 95.4 Å². The molecule has 274 valence electrons. The lowest BCUT2D eigenvalue weighted by Gasteiger charge is -2.09. The van der Waals surface area contributed by atoms with E-state index in [1.54, 1.807) is 12.1 Å². The van der Waals surface area contributed by atoms with E-state index >= 15 is 0 Å². The number of hydrogen-bond acceptors (Lipinski definition) is 16. The minimum Gasteiger partial charge on any atom is -0.506 e. The first-order valence-electron chi connectivity index (χ1n) is 14.7. The molecule has 6 aromatic rings. The van der Waals surface area contributed by atoms with E-state index in [-0.39, 0.29) is 68.1 Å². The summed E-state index contributed by atoms with van der Waals surface area (Å²) in [6.45, 7) is 0. The highest BCUT2D eigenvalue weighted by atomic mass is 35.5.